The van der Waals surface area contributed by atoms with Crippen LogP contribution in [0, 0.1) is 5.92 Å². The first-order valence-electron chi connectivity index (χ1n) is 12.1. The second-order valence-corrected chi connectivity index (χ2v) is 9.90. The molecule has 4 rings (SSSR count). The van der Waals surface area contributed by atoms with E-state index in [2.05, 4.69) is 15.2 Å². The first-order valence-corrected chi connectivity index (χ1v) is 12.5. The Kier molecular flexibility index (Phi) is 8.24. The topological polar surface area (TPSA) is 79.7 Å². The Labute approximate surface area is 206 Å². The number of hydrogen-bond acceptors (Lipinski definition) is 5. The molecule has 0 saturated carbocycles. The molecule has 2 aromatic rings. The molecule has 1 atom stereocenters. The number of nitrogens with one attached hydrogen (secondary N) is 1. The van der Waals surface area contributed by atoms with Gasteiger partial charge in [-0.1, -0.05) is 23.7 Å². The fourth-order valence-electron chi connectivity index (χ4n) is 4.62. The summed E-state index contributed by atoms with van der Waals surface area (Å²) in [6.45, 7) is 10.0. The molecule has 0 radical (unpaired) electrons. The van der Waals surface area contributed by atoms with Crippen LogP contribution < -0.4 is 5.32 Å². The van der Waals surface area contributed by atoms with Crippen LogP contribution in [0.15, 0.2) is 30.5 Å². The van der Waals surface area contributed by atoms with Crippen LogP contribution in [0.2, 0.25) is 5.02 Å². The summed E-state index contributed by atoms with van der Waals surface area (Å²) < 4.78 is 7.16. The van der Waals surface area contributed by atoms with Crippen molar-refractivity contribution < 1.29 is 14.3 Å². The van der Waals surface area contributed by atoms with Crippen molar-refractivity contribution >= 4 is 23.4 Å². The average Bonchev–Trinajstić information content (AvgIpc) is 3.45. The highest BCUT2D eigenvalue weighted by Gasteiger charge is 2.29. The van der Waals surface area contributed by atoms with Gasteiger partial charge in [0.1, 0.15) is 18.1 Å². The number of benzene rings is 1. The van der Waals surface area contributed by atoms with Crippen molar-refractivity contribution in [2.24, 2.45) is 5.92 Å². The van der Waals surface area contributed by atoms with Gasteiger partial charge in [-0.15, -0.1) is 0 Å². The maximum absolute atomic E-state index is 13.3. The van der Waals surface area contributed by atoms with Crippen molar-refractivity contribution in [1.82, 2.24) is 24.7 Å². The Balaban J connectivity index is 1.45. The first-order chi connectivity index (χ1) is 16.4. The number of amides is 2. The van der Waals surface area contributed by atoms with Crippen LogP contribution in [0.3, 0.4) is 0 Å². The standard InChI is InChI=1S/C25H34ClN5O3/c1-18(2)27-23(32)17-31-16-22(28-24(31)20-4-3-5-21(26)14-20)25(33)30-9-7-19(15-30)6-8-29-10-12-34-13-11-29/h3-5,14,16,18-19H,6-13,15,17H2,1-2H3,(H,27,32). The van der Waals surface area contributed by atoms with E-state index in [9.17, 15) is 9.59 Å². The molecule has 1 aromatic carbocycles. The zero-order valence-corrected chi connectivity index (χ0v) is 20.8. The fourth-order valence-corrected chi connectivity index (χ4v) is 4.81. The average molecular weight is 488 g/mol. The number of likely N-dealkylation sites (tertiary alicyclic amines) is 1. The lowest BCUT2D eigenvalue weighted by molar-refractivity contribution is -0.122. The van der Waals surface area contributed by atoms with Gasteiger partial charge in [-0.05, 0) is 51.3 Å². The van der Waals surface area contributed by atoms with Gasteiger partial charge in [0.15, 0.2) is 0 Å². The van der Waals surface area contributed by atoms with Gasteiger partial charge in [-0.3, -0.25) is 14.5 Å². The molecule has 1 unspecified atom stereocenters. The van der Waals surface area contributed by atoms with Gasteiger partial charge in [0.05, 0.1) is 13.2 Å². The summed E-state index contributed by atoms with van der Waals surface area (Å²) in [7, 11) is 0. The summed E-state index contributed by atoms with van der Waals surface area (Å²) in [5.74, 6) is 0.852. The normalized spacial score (nSPS) is 19.1. The SMILES string of the molecule is CC(C)NC(=O)Cn1cc(C(=O)N2CCC(CCN3CCOCC3)C2)nc1-c1cccc(Cl)c1. The van der Waals surface area contributed by atoms with E-state index in [4.69, 9.17) is 16.3 Å². The van der Waals surface area contributed by atoms with E-state index in [-0.39, 0.29) is 24.4 Å². The molecular weight excluding hydrogens is 454 g/mol. The molecule has 34 heavy (non-hydrogen) atoms. The summed E-state index contributed by atoms with van der Waals surface area (Å²) >= 11 is 6.19. The Morgan fingerprint density at radius 3 is 2.76 bits per heavy atom. The molecule has 9 heteroatoms. The lowest BCUT2D eigenvalue weighted by atomic mass is 10.0. The number of nitrogens with zero attached hydrogens (tertiary/aromatic N) is 4. The second-order valence-electron chi connectivity index (χ2n) is 9.46. The van der Waals surface area contributed by atoms with Crippen LogP contribution in [-0.4, -0.2) is 83.1 Å². The molecule has 1 aromatic heterocycles. The van der Waals surface area contributed by atoms with Crippen LogP contribution >= 0.6 is 11.6 Å². The highest BCUT2D eigenvalue weighted by atomic mass is 35.5. The van der Waals surface area contributed by atoms with Crippen molar-refractivity contribution in [2.75, 3.05) is 45.9 Å². The first kappa shape index (κ1) is 24.7. The Morgan fingerprint density at radius 1 is 1.24 bits per heavy atom. The van der Waals surface area contributed by atoms with Gasteiger partial charge in [0, 0.05) is 49.0 Å². The second kappa shape index (κ2) is 11.3. The number of carbonyl (C=O) groups excluding carboxylic acids is 2. The highest BCUT2D eigenvalue weighted by molar-refractivity contribution is 6.30. The molecule has 1 N–H and O–H groups in total. The van der Waals surface area contributed by atoms with Gasteiger partial charge >= 0.3 is 0 Å². The van der Waals surface area contributed by atoms with E-state index in [1.54, 1.807) is 22.9 Å². The zero-order chi connectivity index (χ0) is 24.1. The molecule has 8 nitrogen and oxygen atoms in total. The van der Waals surface area contributed by atoms with Gasteiger partial charge in [-0.2, -0.15) is 0 Å². The number of imidazole rings is 1. The van der Waals surface area contributed by atoms with E-state index < -0.39 is 0 Å². The fraction of sp³-hybridized carbons (Fsp3) is 0.560. The van der Waals surface area contributed by atoms with E-state index >= 15 is 0 Å². The van der Waals surface area contributed by atoms with Gasteiger partial charge in [-0.25, -0.2) is 4.98 Å². The van der Waals surface area contributed by atoms with Gasteiger partial charge < -0.3 is 19.5 Å². The summed E-state index contributed by atoms with van der Waals surface area (Å²) in [5, 5.41) is 3.48. The molecule has 2 amide bonds. The van der Waals surface area contributed by atoms with Crippen molar-refractivity contribution in [2.45, 2.75) is 39.3 Å². The number of morpholine rings is 1. The summed E-state index contributed by atoms with van der Waals surface area (Å²) in [4.78, 5) is 34.8. The van der Waals surface area contributed by atoms with Crippen LogP contribution in [-0.2, 0) is 16.1 Å². The summed E-state index contributed by atoms with van der Waals surface area (Å²) in [5.41, 5.74) is 1.13. The smallest absolute Gasteiger partial charge is 0.274 e. The van der Waals surface area contributed by atoms with Crippen LogP contribution in [0.5, 0.6) is 0 Å². The minimum atomic E-state index is -0.126. The number of halogens is 1. The number of aromatic nitrogens is 2. The zero-order valence-electron chi connectivity index (χ0n) is 20.0. The molecule has 2 aliphatic heterocycles. The number of ether oxygens (including phenoxy) is 1. The van der Waals surface area contributed by atoms with E-state index in [0.29, 0.717) is 22.5 Å². The molecule has 2 fully saturated rings. The molecule has 0 spiro atoms. The van der Waals surface area contributed by atoms with Gasteiger partial charge in [0.25, 0.3) is 5.91 Å². The Hall–Kier alpha value is -2.42. The quantitative estimate of drug-likeness (QED) is 0.619. The maximum Gasteiger partial charge on any atom is 0.274 e. The van der Waals surface area contributed by atoms with E-state index in [1.807, 2.05) is 30.9 Å². The van der Waals surface area contributed by atoms with Crippen molar-refractivity contribution in [3.05, 3.63) is 41.2 Å². The van der Waals surface area contributed by atoms with Crippen molar-refractivity contribution in [3.8, 4) is 11.4 Å². The predicted molar refractivity (Wildman–Crippen MR) is 132 cm³/mol. The minimum Gasteiger partial charge on any atom is -0.379 e. The molecule has 3 heterocycles. The third kappa shape index (κ3) is 6.37. The van der Waals surface area contributed by atoms with Crippen LogP contribution in [0.25, 0.3) is 11.4 Å². The lowest BCUT2D eigenvalue weighted by Gasteiger charge is -2.27. The molecule has 2 saturated heterocycles. The molecule has 0 bridgehead atoms. The molecule has 184 valence electrons. The number of hydrogen-bond donors (Lipinski definition) is 1. The van der Waals surface area contributed by atoms with Crippen LogP contribution in [0.4, 0.5) is 0 Å². The highest BCUT2D eigenvalue weighted by Crippen LogP contribution is 2.25. The van der Waals surface area contributed by atoms with Crippen molar-refractivity contribution in [1.29, 1.82) is 0 Å². The third-order valence-electron chi connectivity index (χ3n) is 6.37. The monoisotopic (exact) mass is 487 g/mol. The van der Waals surface area contributed by atoms with Crippen molar-refractivity contribution in [3.63, 3.8) is 0 Å². The predicted octanol–water partition coefficient (Wildman–Crippen LogP) is 2.91. The number of carbonyl (C=O) groups is 2. The van der Waals surface area contributed by atoms with Crippen LogP contribution in [0.1, 0.15) is 37.2 Å². The van der Waals surface area contributed by atoms with Gasteiger partial charge in [0.2, 0.25) is 5.91 Å². The summed E-state index contributed by atoms with van der Waals surface area (Å²) in [6, 6.07) is 7.35. The maximum atomic E-state index is 13.3. The third-order valence-corrected chi connectivity index (χ3v) is 6.61. The minimum absolute atomic E-state index is 0.0331. The molecule has 2 aliphatic rings. The summed E-state index contributed by atoms with van der Waals surface area (Å²) in [6.07, 6.45) is 3.79. The van der Waals surface area contributed by atoms with E-state index in [1.165, 1.54) is 0 Å². The lowest BCUT2D eigenvalue weighted by Crippen LogP contribution is -2.37. The van der Waals surface area contributed by atoms with E-state index in [0.717, 1.165) is 64.3 Å². The largest absolute Gasteiger partial charge is 0.379 e. The molecule has 0 aliphatic carbocycles. The molecular formula is C25H34ClN5O3. The Bertz CT molecular complexity index is 1000. The Morgan fingerprint density at radius 2 is 2.03 bits per heavy atom. The number of rotatable bonds is 8.